The smallest absolute Gasteiger partial charge is 0.309 e. The van der Waals surface area contributed by atoms with Crippen molar-refractivity contribution in [2.45, 2.75) is 19.1 Å². The summed E-state index contributed by atoms with van der Waals surface area (Å²) in [5.74, 6) is -1.23. The second-order valence-corrected chi connectivity index (χ2v) is 4.78. The lowest BCUT2D eigenvalue weighted by atomic mass is 9.93. The van der Waals surface area contributed by atoms with Crippen molar-refractivity contribution >= 4 is 0 Å². The first kappa shape index (κ1) is 15.5. The van der Waals surface area contributed by atoms with E-state index < -0.39 is 23.6 Å². The molecule has 0 bridgehead atoms. The molecule has 0 aliphatic heterocycles. The number of hydrogen-bond donors (Lipinski definition) is 1. The maximum Gasteiger partial charge on any atom is 0.419 e. The molecule has 0 spiro atoms. The van der Waals surface area contributed by atoms with Gasteiger partial charge in [0.1, 0.15) is 5.82 Å². The van der Waals surface area contributed by atoms with Crippen molar-refractivity contribution in [2.24, 2.45) is 0 Å². The van der Waals surface area contributed by atoms with Gasteiger partial charge in [0.15, 0.2) is 0 Å². The van der Waals surface area contributed by atoms with Crippen LogP contribution in [0, 0.1) is 12.7 Å². The summed E-state index contributed by atoms with van der Waals surface area (Å²) in [5.41, 5.74) is 0.377. The molecular formula is C16H15F4N. The molecule has 1 N–H and O–H groups in total. The van der Waals surface area contributed by atoms with E-state index in [0.717, 1.165) is 17.2 Å². The van der Waals surface area contributed by atoms with Crippen molar-refractivity contribution in [3.8, 4) is 0 Å². The molecule has 2 aromatic carbocycles. The Kier molecular flexibility index (Phi) is 4.32. The minimum atomic E-state index is -4.70. The van der Waals surface area contributed by atoms with E-state index in [-0.39, 0.29) is 5.56 Å². The van der Waals surface area contributed by atoms with Crippen LogP contribution < -0.4 is 5.32 Å². The van der Waals surface area contributed by atoms with Crippen molar-refractivity contribution in [3.05, 3.63) is 70.5 Å². The van der Waals surface area contributed by atoms with Gasteiger partial charge in [-0.3, -0.25) is 0 Å². The monoisotopic (exact) mass is 297 g/mol. The van der Waals surface area contributed by atoms with Crippen LogP contribution in [0.5, 0.6) is 0 Å². The van der Waals surface area contributed by atoms with E-state index in [1.54, 1.807) is 19.2 Å². The molecule has 5 heteroatoms. The van der Waals surface area contributed by atoms with Crippen molar-refractivity contribution in [3.63, 3.8) is 0 Å². The quantitative estimate of drug-likeness (QED) is 0.825. The molecule has 1 unspecified atom stereocenters. The number of rotatable bonds is 3. The molecule has 0 aliphatic carbocycles. The fraction of sp³-hybridized carbons (Fsp3) is 0.250. The van der Waals surface area contributed by atoms with E-state index in [4.69, 9.17) is 0 Å². The fourth-order valence-corrected chi connectivity index (χ4v) is 2.38. The maximum atomic E-state index is 14.3. The second-order valence-electron chi connectivity index (χ2n) is 4.78. The number of aryl methyl sites for hydroxylation is 1. The largest absolute Gasteiger partial charge is 0.419 e. The normalized spacial score (nSPS) is 13.2. The Bertz CT molecular complexity index is 634. The number of halogens is 4. The summed E-state index contributed by atoms with van der Waals surface area (Å²) in [6.45, 7) is 1.84. The number of nitrogens with one attached hydrogen (secondary N) is 1. The zero-order valence-electron chi connectivity index (χ0n) is 11.6. The molecule has 0 heterocycles. The summed E-state index contributed by atoms with van der Waals surface area (Å²) in [4.78, 5) is 0. The van der Waals surface area contributed by atoms with Gasteiger partial charge in [-0.25, -0.2) is 4.39 Å². The Labute approximate surface area is 120 Å². The van der Waals surface area contributed by atoms with Crippen LogP contribution in [0.2, 0.25) is 0 Å². The third-order valence-electron chi connectivity index (χ3n) is 3.43. The molecule has 21 heavy (non-hydrogen) atoms. The maximum absolute atomic E-state index is 14.3. The molecule has 0 aromatic heterocycles. The highest BCUT2D eigenvalue weighted by Crippen LogP contribution is 2.35. The summed E-state index contributed by atoms with van der Waals surface area (Å²) < 4.78 is 52.7. The standard InChI is InChI=1S/C16H15F4N/c1-10-6-3-4-7-11(10)15(21-2)12-8-5-9-13(14(12)17)16(18,19)20/h3-9,15,21H,1-2H3. The molecule has 0 saturated carbocycles. The van der Waals surface area contributed by atoms with Gasteiger partial charge in [0.2, 0.25) is 0 Å². The zero-order valence-corrected chi connectivity index (χ0v) is 11.6. The Morgan fingerprint density at radius 3 is 2.14 bits per heavy atom. The first-order valence-electron chi connectivity index (χ1n) is 6.44. The second kappa shape index (κ2) is 5.85. The van der Waals surface area contributed by atoms with Gasteiger partial charge in [-0.1, -0.05) is 36.4 Å². The molecule has 0 amide bonds. The lowest BCUT2D eigenvalue weighted by molar-refractivity contribution is -0.140. The minimum Gasteiger partial charge on any atom is -0.309 e. The van der Waals surface area contributed by atoms with E-state index in [2.05, 4.69) is 5.32 Å². The van der Waals surface area contributed by atoms with Crippen LogP contribution >= 0.6 is 0 Å². The van der Waals surface area contributed by atoms with Gasteiger partial charge in [0.05, 0.1) is 11.6 Å². The van der Waals surface area contributed by atoms with Gasteiger partial charge in [-0.05, 0) is 31.2 Å². The van der Waals surface area contributed by atoms with Gasteiger partial charge in [0.25, 0.3) is 0 Å². The van der Waals surface area contributed by atoms with Gasteiger partial charge < -0.3 is 5.32 Å². The number of benzene rings is 2. The summed E-state index contributed by atoms with van der Waals surface area (Å²) >= 11 is 0. The van der Waals surface area contributed by atoms with Crippen LogP contribution in [0.15, 0.2) is 42.5 Å². The van der Waals surface area contributed by atoms with E-state index >= 15 is 0 Å². The molecule has 0 aliphatic rings. The molecule has 2 aromatic rings. The Morgan fingerprint density at radius 2 is 1.57 bits per heavy atom. The predicted octanol–water partition coefficient (Wildman–Crippen LogP) is 4.46. The van der Waals surface area contributed by atoms with Crippen molar-refractivity contribution in [1.82, 2.24) is 5.32 Å². The molecule has 112 valence electrons. The highest BCUT2D eigenvalue weighted by Gasteiger charge is 2.35. The lowest BCUT2D eigenvalue weighted by Gasteiger charge is -2.21. The van der Waals surface area contributed by atoms with Gasteiger partial charge in [-0.15, -0.1) is 0 Å². The molecule has 1 nitrogen and oxygen atoms in total. The average molecular weight is 297 g/mol. The van der Waals surface area contributed by atoms with Crippen LogP contribution in [-0.4, -0.2) is 7.05 Å². The molecule has 0 radical (unpaired) electrons. The van der Waals surface area contributed by atoms with E-state index in [9.17, 15) is 17.6 Å². The third-order valence-corrected chi connectivity index (χ3v) is 3.43. The third kappa shape index (κ3) is 3.08. The van der Waals surface area contributed by atoms with Crippen LogP contribution in [0.25, 0.3) is 0 Å². The highest BCUT2D eigenvalue weighted by molar-refractivity contribution is 5.39. The van der Waals surface area contributed by atoms with E-state index in [1.165, 1.54) is 12.1 Å². The molecule has 2 rings (SSSR count). The van der Waals surface area contributed by atoms with E-state index in [1.807, 2.05) is 19.1 Å². The minimum absolute atomic E-state index is 0.0124. The highest BCUT2D eigenvalue weighted by atomic mass is 19.4. The van der Waals surface area contributed by atoms with Gasteiger partial charge >= 0.3 is 6.18 Å². The summed E-state index contributed by atoms with van der Waals surface area (Å²) in [6, 6.07) is 9.94. The molecule has 0 fully saturated rings. The predicted molar refractivity (Wildman–Crippen MR) is 73.5 cm³/mol. The first-order valence-corrected chi connectivity index (χ1v) is 6.44. The van der Waals surface area contributed by atoms with Crippen LogP contribution in [0.1, 0.15) is 28.3 Å². The Morgan fingerprint density at radius 1 is 0.952 bits per heavy atom. The van der Waals surface area contributed by atoms with Crippen molar-refractivity contribution in [2.75, 3.05) is 7.05 Å². The van der Waals surface area contributed by atoms with Crippen LogP contribution in [0.3, 0.4) is 0 Å². The molecular weight excluding hydrogens is 282 g/mol. The average Bonchev–Trinajstić information content (AvgIpc) is 2.42. The Balaban J connectivity index is 2.57. The zero-order chi connectivity index (χ0) is 15.6. The first-order chi connectivity index (χ1) is 9.86. The SMILES string of the molecule is CNC(c1ccccc1C)c1cccc(C(F)(F)F)c1F. The molecule has 1 atom stereocenters. The number of hydrogen-bond acceptors (Lipinski definition) is 1. The summed E-state index contributed by atoms with van der Waals surface area (Å²) in [5, 5.41) is 2.89. The number of alkyl halides is 3. The van der Waals surface area contributed by atoms with Crippen molar-refractivity contribution in [1.29, 1.82) is 0 Å². The van der Waals surface area contributed by atoms with E-state index in [0.29, 0.717) is 0 Å². The Hall–Kier alpha value is -1.88. The summed E-state index contributed by atoms with van der Waals surface area (Å²) in [7, 11) is 1.59. The van der Waals surface area contributed by atoms with Gasteiger partial charge in [0, 0.05) is 5.56 Å². The van der Waals surface area contributed by atoms with Crippen LogP contribution in [-0.2, 0) is 6.18 Å². The van der Waals surface area contributed by atoms with Crippen molar-refractivity contribution < 1.29 is 17.6 Å². The molecule has 0 saturated heterocycles. The topological polar surface area (TPSA) is 12.0 Å². The summed E-state index contributed by atoms with van der Waals surface area (Å²) in [6.07, 6.45) is -4.70. The van der Waals surface area contributed by atoms with Gasteiger partial charge in [-0.2, -0.15) is 13.2 Å². The fourth-order valence-electron chi connectivity index (χ4n) is 2.38. The lowest BCUT2D eigenvalue weighted by Crippen LogP contribution is -2.21. The van der Waals surface area contributed by atoms with Crippen LogP contribution in [0.4, 0.5) is 17.6 Å².